The van der Waals surface area contributed by atoms with Crippen molar-refractivity contribution in [3.63, 3.8) is 0 Å². The Labute approximate surface area is 419 Å². The fourth-order valence-corrected chi connectivity index (χ4v) is 9.06. The van der Waals surface area contributed by atoms with Crippen molar-refractivity contribution in [3.8, 4) is 17.6 Å². The van der Waals surface area contributed by atoms with Crippen molar-refractivity contribution in [2.75, 3.05) is 88.3 Å². The number of aryl methyl sites for hydroxylation is 3. The number of carbonyl (C=O) groups is 3. The Morgan fingerprint density at radius 3 is 2.47 bits per heavy atom. The summed E-state index contributed by atoms with van der Waals surface area (Å²) in [6, 6.07) is 7.27. The van der Waals surface area contributed by atoms with E-state index in [4.69, 9.17) is 43.4 Å². The van der Waals surface area contributed by atoms with Gasteiger partial charge in [-0.2, -0.15) is 4.98 Å². The van der Waals surface area contributed by atoms with E-state index >= 15 is 0 Å². The lowest BCUT2D eigenvalue weighted by Gasteiger charge is -2.37. The van der Waals surface area contributed by atoms with Crippen LogP contribution in [0.25, 0.3) is 11.0 Å². The van der Waals surface area contributed by atoms with Gasteiger partial charge in [-0.15, -0.1) is 0 Å². The normalized spacial score (nSPS) is 13.1. The number of aromatic nitrogens is 7. The number of carbonyl (C=O) groups excluding carboxylic acids is 2. The number of fused-ring (bicyclic) bond motifs is 1. The van der Waals surface area contributed by atoms with Crippen LogP contribution in [0.4, 0.5) is 38.0 Å². The number of anilines is 5. The van der Waals surface area contributed by atoms with Gasteiger partial charge in [-0.3, -0.25) is 14.7 Å². The Balaban J connectivity index is 1.02. The lowest BCUT2D eigenvalue weighted by Crippen LogP contribution is -2.49. The summed E-state index contributed by atoms with van der Waals surface area (Å²) in [5.41, 5.74) is 11.2. The zero-order chi connectivity index (χ0) is 50.2. The molecule has 0 spiro atoms. The van der Waals surface area contributed by atoms with Gasteiger partial charge in [0.15, 0.2) is 5.13 Å². The fourth-order valence-electron chi connectivity index (χ4n) is 7.80. The van der Waals surface area contributed by atoms with Crippen molar-refractivity contribution in [1.82, 2.24) is 49.2 Å². The molecule has 6 heterocycles. The maximum atomic E-state index is 13.4. The van der Waals surface area contributed by atoms with Crippen molar-refractivity contribution in [2.24, 2.45) is 0 Å². The Morgan fingerprint density at radius 2 is 1.74 bits per heavy atom. The SMILES string of the molecule is COc1c(C)cnc(Cn2cc(C#CCCC(CN3CCN(c4cc(Nc5ncc(C(=O)Nc6c(C)cccc6Cl)s5)nc(C)n4)CC3)OC(=O)N(C)CCN(C)C(=O)O)c3c(Cl)nc(N)nc32)c1C. The van der Waals surface area contributed by atoms with Crippen LogP contribution in [-0.2, 0) is 11.3 Å². The minimum absolute atomic E-state index is 0.0248. The molecule has 5 N–H and O–H groups in total. The maximum absolute atomic E-state index is 13.4. The number of rotatable bonds is 16. The number of hydrogen-bond acceptors (Lipinski definition) is 16. The minimum atomic E-state index is -1.09. The molecule has 0 radical (unpaired) electrons. The van der Waals surface area contributed by atoms with E-state index in [1.165, 1.54) is 29.5 Å². The van der Waals surface area contributed by atoms with Gasteiger partial charge in [0.1, 0.15) is 45.0 Å². The van der Waals surface area contributed by atoms with Crippen LogP contribution in [0.15, 0.2) is 42.9 Å². The van der Waals surface area contributed by atoms with E-state index in [0.717, 1.165) is 38.9 Å². The molecule has 1 fully saturated rings. The Bertz CT molecular complexity index is 2950. The van der Waals surface area contributed by atoms with Crippen LogP contribution in [0.2, 0.25) is 10.2 Å². The summed E-state index contributed by atoms with van der Waals surface area (Å²) in [5, 5.41) is 17.1. The van der Waals surface area contributed by atoms with E-state index in [2.05, 4.69) is 57.2 Å². The lowest BCUT2D eigenvalue weighted by molar-refractivity contribution is 0.0422. The zero-order valence-electron chi connectivity index (χ0n) is 39.8. The number of nitrogens with two attached hydrogens (primary N) is 1. The summed E-state index contributed by atoms with van der Waals surface area (Å²) in [4.78, 5) is 72.2. The van der Waals surface area contributed by atoms with Crippen LogP contribution in [-0.4, -0.2) is 145 Å². The molecule has 0 aliphatic carbocycles. The average Bonchev–Trinajstić information content (AvgIpc) is 3.93. The van der Waals surface area contributed by atoms with E-state index in [0.29, 0.717) is 101 Å². The van der Waals surface area contributed by atoms with Gasteiger partial charge in [-0.05, 0) is 45.7 Å². The van der Waals surface area contributed by atoms with Gasteiger partial charge < -0.3 is 50.2 Å². The molecule has 0 bridgehead atoms. The molecule has 1 aliphatic rings. The summed E-state index contributed by atoms with van der Waals surface area (Å²) in [6.45, 7) is 11.2. The molecule has 23 heteroatoms. The van der Waals surface area contributed by atoms with E-state index < -0.39 is 18.3 Å². The Morgan fingerprint density at radius 1 is 0.986 bits per heavy atom. The van der Waals surface area contributed by atoms with Crippen molar-refractivity contribution < 1.29 is 29.0 Å². The van der Waals surface area contributed by atoms with E-state index in [-0.39, 0.29) is 30.1 Å². The number of piperazine rings is 1. The molecule has 368 valence electrons. The fraction of sp³-hybridized carbons (Fsp3) is 0.383. The second kappa shape index (κ2) is 22.6. The Kier molecular flexibility index (Phi) is 16.4. The van der Waals surface area contributed by atoms with Gasteiger partial charge in [0.05, 0.1) is 47.2 Å². The molecular weight excluding hydrogens is 960 g/mol. The molecule has 0 saturated carbocycles. The van der Waals surface area contributed by atoms with Gasteiger partial charge in [0.2, 0.25) is 5.95 Å². The third-order valence-electron chi connectivity index (χ3n) is 11.7. The number of likely N-dealkylation sites (N-methyl/N-ethyl adjacent to an activating group) is 2. The number of halogens is 2. The highest BCUT2D eigenvalue weighted by Crippen LogP contribution is 2.31. The first-order valence-corrected chi connectivity index (χ1v) is 23.8. The number of nitrogens with one attached hydrogen (secondary N) is 2. The summed E-state index contributed by atoms with van der Waals surface area (Å²) < 4.78 is 13.6. The number of para-hydroxylation sites is 1. The summed E-state index contributed by atoms with van der Waals surface area (Å²) in [5.74, 6) is 8.77. The van der Waals surface area contributed by atoms with E-state index in [1.54, 1.807) is 26.4 Å². The molecule has 6 aromatic rings. The third kappa shape index (κ3) is 12.4. The van der Waals surface area contributed by atoms with Crippen LogP contribution >= 0.6 is 34.5 Å². The van der Waals surface area contributed by atoms with Gasteiger partial charge in [0.25, 0.3) is 5.91 Å². The molecule has 70 heavy (non-hydrogen) atoms. The van der Waals surface area contributed by atoms with Crippen molar-refractivity contribution >= 4 is 92.1 Å². The number of amides is 3. The van der Waals surface area contributed by atoms with Crippen LogP contribution in [0.3, 0.4) is 0 Å². The van der Waals surface area contributed by atoms with Crippen LogP contribution < -0.4 is 26.0 Å². The number of nitrogen functional groups attached to an aromatic ring is 1. The van der Waals surface area contributed by atoms with Gasteiger partial charge in [-0.25, -0.2) is 29.5 Å². The highest BCUT2D eigenvalue weighted by Gasteiger charge is 2.26. The first-order chi connectivity index (χ1) is 33.5. The van der Waals surface area contributed by atoms with Crippen LogP contribution in [0.5, 0.6) is 5.75 Å². The number of pyridine rings is 1. The second-order valence-corrected chi connectivity index (χ2v) is 18.5. The topological polar surface area (TPSA) is 235 Å². The van der Waals surface area contributed by atoms with Crippen molar-refractivity contribution in [1.29, 1.82) is 0 Å². The number of hydrogen-bond donors (Lipinski definition) is 4. The third-order valence-corrected chi connectivity index (χ3v) is 13.2. The first-order valence-electron chi connectivity index (χ1n) is 22.3. The summed E-state index contributed by atoms with van der Waals surface area (Å²) in [6.07, 6.45) is 3.67. The number of nitrogens with zero attached hydrogens (tertiary/aromatic N) is 11. The van der Waals surface area contributed by atoms with E-state index in [9.17, 15) is 19.5 Å². The van der Waals surface area contributed by atoms with Gasteiger partial charge in [0, 0.05) is 95.9 Å². The van der Waals surface area contributed by atoms with Crippen molar-refractivity contribution in [2.45, 2.75) is 53.2 Å². The molecule has 20 nitrogen and oxygen atoms in total. The minimum Gasteiger partial charge on any atom is -0.496 e. The summed E-state index contributed by atoms with van der Waals surface area (Å²) >= 11 is 14.2. The highest BCUT2D eigenvalue weighted by atomic mass is 35.5. The van der Waals surface area contributed by atoms with Crippen molar-refractivity contribution in [3.05, 3.63) is 91.7 Å². The number of ether oxygens (including phenoxy) is 2. The number of thiazole rings is 1. The maximum Gasteiger partial charge on any atom is 0.409 e. The molecule has 5 aromatic heterocycles. The quantitative estimate of drug-likeness (QED) is 0.0552. The molecule has 7 rings (SSSR count). The molecule has 1 aliphatic heterocycles. The molecular formula is C47H54Cl2N14O6S. The smallest absolute Gasteiger partial charge is 0.409 e. The summed E-state index contributed by atoms with van der Waals surface area (Å²) in [7, 11) is 4.64. The molecule has 1 saturated heterocycles. The largest absolute Gasteiger partial charge is 0.496 e. The molecule has 1 unspecified atom stereocenters. The number of benzene rings is 1. The standard InChI is InChI=1S/C47H54Cl2N14O6S/c1-27-11-10-14-33(48)39(27)56-43(64)35-23-52-45(70-35)55-36-21-37(54-30(4)53-36)62-19-17-61(18-20-62)25-32(69-47(67)60(6)16-15-59(5)46(65)66)13-9-8-12-31-24-63(42-38(31)41(49)57-44(50)58-42)26-34-29(3)40(68-7)28(2)22-51-34/h10-11,14,21-24,32H,9,13,15-20,25-26H2,1-7H3,(H,56,64)(H,65,66)(H2,50,57,58)(H,52,53,54,55). The molecule has 1 atom stereocenters. The lowest BCUT2D eigenvalue weighted by atomic mass is 10.1. The van der Waals surface area contributed by atoms with Gasteiger partial charge in [-0.1, -0.05) is 58.5 Å². The Hall–Kier alpha value is -6.99. The predicted octanol–water partition coefficient (Wildman–Crippen LogP) is 7.25. The zero-order valence-corrected chi connectivity index (χ0v) is 42.2. The number of carboxylic acid groups (broad SMARTS) is 1. The molecule has 1 aromatic carbocycles. The number of methoxy groups -OCH3 is 1. The van der Waals surface area contributed by atoms with Crippen LogP contribution in [0.1, 0.15) is 56.3 Å². The molecule has 3 amide bonds. The van der Waals surface area contributed by atoms with E-state index in [1.807, 2.05) is 56.7 Å². The predicted molar refractivity (Wildman–Crippen MR) is 271 cm³/mol. The van der Waals surface area contributed by atoms with Gasteiger partial charge >= 0.3 is 12.2 Å². The first kappa shape index (κ1) is 50.9. The second-order valence-electron chi connectivity index (χ2n) is 16.7. The van der Waals surface area contributed by atoms with Crippen LogP contribution in [0, 0.1) is 39.5 Å². The monoisotopic (exact) mass is 1010 g/mol. The highest BCUT2D eigenvalue weighted by molar-refractivity contribution is 7.17. The average molecular weight is 1010 g/mol.